The second-order valence-corrected chi connectivity index (χ2v) is 8.70. The summed E-state index contributed by atoms with van der Waals surface area (Å²) in [6, 6.07) is 13.2. The number of anilines is 1. The molecule has 1 fully saturated rings. The molecule has 0 atom stereocenters. The molecule has 0 radical (unpaired) electrons. The Morgan fingerprint density at radius 2 is 2.15 bits per heavy atom. The minimum atomic E-state index is -0.154. The van der Waals surface area contributed by atoms with Crippen molar-refractivity contribution in [2.45, 2.75) is 25.3 Å². The maximum Gasteiger partial charge on any atom is 0.253 e. The predicted octanol–water partition coefficient (Wildman–Crippen LogP) is 4.42. The number of nitriles is 1. The van der Waals surface area contributed by atoms with Crippen molar-refractivity contribution in [2.75, 3.05) is 25.6 Å². The molecule has 172 valence electrons. The lowest BCUT2D eigenvalue weighted by atomic mass is 10.1. The number of nitrogens with zero attached hydrogens (tertiary/aromatic N) is 4. The summed E-state index contributed by atoms with van der Waals surface area (Å²) in [5.74, 6) is 0.467. The Kier molecular flexibility index (Phi) is 6.05. The Morgan fingerprint density at radius 1 is 1.29 bits per heavy atom. The van der Waals surface area contributed by atoms with Crippen LogP contribution in [-0.2, 0) is 4.74 Å². The van der Waals surface area contributed by atoms with Crippen LogP contribution in [0.5, 0.6) is 0 Å². The third-order valence-corrected chi connectivity index (χ3v) is 6.10. The first-order valence-electron chi connectivity index (χ1n) is 11.1. The summed E-state index contributed by atoms with van der Waals surface area (Å²) in [6.45, 7) is 1.30. The molecule has 0 unspecified atom stereocenters. The van der Waals surface area contributed by atoms with E-state index < -0.39 is 0 Å². The fraction of sp³-hybridized carbons (Fsp3) is 0.280. The van der Waals surface area contributed by atoms with Crippen molar-refractivity contribution in [3.8, 4) is 17.3 Å². The highest BCUT2D eigenvalue weighted by molar-refractivity contribution is 6.34. The molecule has 2 aromatic carbocycles. The zero-order valence-electron chi connectivity index (χ0n) is 18.6. The number of fused-ring (bicyclic) bond motifs is 3. The summed E-state index contributed by atoms with van der Waals surface area (Å²) in [7, 11) is 1.67. The normalized spacial score (nSPS) is 13.2. The molecule has 2 heterocycles. The monoisotopic (exact) mass is 474 g/mol. The Balaban J connectivity index is 1.60. The van der Waals surface area contributed by atoms with Gasteiger partial charge in [-0.2, -0.15) is 5.26 Å². The highest BCUT2D eigenvalue weighted by Gasteiger charge is 2.25. The van der Waals surface area contributed by atoms with E-state index in [1.165, 1.54) is 0 Å². The van der Waals surface area contributed by atoms with Crippen molar-refractivity contribution < 1.29 is 9.53 Å². The first-order chi connectivity index (χ1) is 16.6. The molecule has 2 N–H and O–H groups in total. The number of carbonyl (C=O) groups is 1. The fourth-order valence-corrected chi connectivity index (χ4v) is 4.17. The molecule has 1 aliphatic carbocycles. The summed E-state index contributed by atoms with van der Waals surface area (Å²) in [5.41, 5.74) is 4.77. The van der Waals surface area contributed by atoms with Gasteiger partial charge in [-0.15, -0.1) is 0 Å². The van der Waals surface area contributed by atoms with Crippen LogP contribution in [0.3, 0.4) is 0 Å². The third-order valence-electron chi connectivity index (χ3n) is 5.79. The van der Waals surface area contributed by atoms with Gasteiger partial charge in [-0.25, -0.2) is 9.97 Å². The largest absolute Gasteiger partial charge is 0.385 e. The SMILES string of the molecule is COCCCNc1nc2cc(C#N)ccc2n2c(-c3ccc(C(=O)NC4CC4)c(Cl)c3)cnc12. The molecule has 0 bridgehead atoms. The summed E-state index contributed by atoms with van der Waals surface area (Å²) in [4.78, 5) is 21.9. The van der Waals surface area contributed by atoms with E-state index in [0.29, 0.717) is 46.3 Å². The molecule has 9 heteroatoms. The van der Waals surface area contributed by atoms with E-state index in [-0.39, 0.29) is 11.9 Å². The number of hydrogen-bond acceptors (Lipinski definition) is 6. The van der Waals surface area contributed by atoms with E-state index in [1.807, 2.05) is 16.5 Å². The maximum atomic E-state index is 12.5. The third kappa shape index (κ3) is 4.28. The van der Waals surface area contributed by atoms with Gasteiger partial charge in [0.05, 0.1) is 45.1 Å². The van der Waals surface area contributed by atoms with E-state index >= 15 is 0 Å². The second-order valence-electron chi connectivity index (χ2n) is 8.29. The number of halogens is 1. The molecule has 0 aliphatic heterocycles. The summed E-state index contributed by atoms with van der Waals surface area (Å²) >= 11 is 6.52. The zero-order valence-corrected chi connectivity index (χ0v) is 19.4. The topological polar surface area (TPSA) is 104 Å². The van der Waals surface area contributed by atoms with E-state index in [1.54, 1.807) is 37.6 Å². The van der Waals surface area contributed by atoms with Crippen LogP contribution in [0.15, 0.2) is 42.6 Å². The van der Waals surface area contributed by atoms with Crippen LogP contribution in [0.4, 0.5) is 5.82 Å². The predicted molar refractivity (Wildman–Crippen MR) is 131 cm³/mol. The standard InChI is InChI=1S/C25H23ClN6O2/c1-34-10-2-9-28-23-24-29-14-22(32(24)21-8-3-15(13-27)11-20(21)31-23)16-4-7-18(19(26)12-16)25(33)30-17-5-6-17/h3-4,7-8,11-12,14,17H,2,5-6,9-10H2,1H3,(H,28,31)(H,30,33). The highest BCUT2D eigenvalue weighted by atomic mass is 35.5. The Labute approximate surface area is 201 Å². The minimum absolute atomic E-state index is 0.154. The first-order valence-corrected chi connectivity index (χ1v) is 11.5. The van der Waals surface area contributed by atoms with Gasteiger partial charge in [-0.05, 0) is 49.6 Å². The molecule has 2 aromatic heterocycles. The molecule has 34 heavy (non-hydrogen) atoms. The lowest BCUT2D eigenvalue weighted by Crippen LogP contribution is -2.25. The molecule has 1 aliphatic rings. The Morgan fingerprint density at radius 3 is 2.88 bits per heavy atom. The van der Waals surface area contributed by atoms with Gasteiger partial charge >= 0.3 is 0 Å². The number of aromatic nitrogens is 3. The number of amides is 1. The van der Waals surface area contributed by atoms with Crippen molar-refractivity contribution in [3.63, 3.8) is 0 Å². The molecular formula is C25H23ClN6O2. The van der Waals surface area contributed by atoms with Gasteiger partial charge in [-0.3, -0.25) is 9.20 Å². The fourth-order valence-electron chi connectivity index (χ4n) is 3.90. The second kappa shape index (κ2) is 9.29. The van der Waals surface area contributed by atoms with Crippen molar-refractivity contribution in [1.29, 1.82) is 5.26 Å². The molecule has 1 amide bonds. The number of ether oxygens (including phenoxy) is 1. The maximum absolute atomic E-state index is 12.5. The number of methoxy groups -OCH3 is 1. The van der Waals surface area contributed by atoms with Gasteiger partial charge in [0.15, 0.2) is 11.5 Å². The van der Waals surface area contributed by atoms with Crippen LogP contribution in [0.25, 0.3) is 27.9 Å². The molecular weight excluding hydrogens is 452 g/mol. The molecule has 5 rings (SSSR count). The lowest BCUT2D eigenvalue weighted by molar-refractivity contribution is 0.0951. The summed E-state index contributed by atoms with van der Waals surface area (Å²) in [6.07, 6.45) is 4.61. The van der Waals surface area contributed by atoms with Crippen molar-refractivity contribution in [3.05, 3.63) is 58.7 Å². The van der Waals surface area contributed by atoms with Gasteiger partial charge < -0.3 is 15.4 Å². The lowest BCUT2D eigenvalue weighted by Gasteiger charge is -2.12. The van der Waals surface area contributed by atoms with Crippen LogP contribution in [0.1, 0.15) is 35.2 Å². The number of nitrogens with one attached hydrogen (secondary N) is 2. The van der Waals surface area contributed by atoms with E-state index in [9.17, 15) is 10.1 Å². The summed E-state index contributed by atoms with van der Waals surface area (Å²) < 4.78 is 7.13. The number of rotatable bonds is 8. The van der Waals surface area contributed by atoms with Gasteiger partial charge in [-0.1, -0.05) is 17.7 Å². The number of benzene rings is 2. The molecule has 8 nitrogen and oxygen atoms in total. The van der Waals surface area contributed by atoms with Crippen LogP contribution >= 0.6 is 11.6 Å². The van der Waals surface area contributed by atoms with E-state index in [0.717, 1.165) is 36.0 Å². The molecule has 0 spiro atoms. The minimum Gasteiger partial charge on any atom is -0.385 e. The van der Waals surface area contributed by atoms with Gasteiger partial charge in [0, 0.05) is 31.9 Å². The molecule has 1 saturated carbocycles. The van der Waals surface area contributed by atoms with Gasteiger partial charge in [0.1, 0.15) is 0 Å². The molecule has 4 aromatic rings. The van der Waals surface area contributed by atoms with E-state index in [2.05, 4.69) is 21.7 Å². The highest BCUT2D eigenvalue weighted by Crippen LogP contribution is 2.31. The van der Waals surface area contributed by atoms with Gasteiger partial charge in [0.25, 0.3) is 5.91 Å². The number of carbonyl (C=O) groups excluding carboxylic acids is 1. The van der Waals surface area contributed by atoms with Crippen molar-refractivity contribution in [2.24, 2.45) is 0 Å². The van der Waals surface area contributed by atoms with Crippen molar-refractivity contribution in [1.82, 2.24) is 19.7 Å². The van der Waals surface area contributed by atoms with Crippen LogP contribution in [0.2, 0.25) is 5.02 Å². The van der Waals surface area contributed by atoms with E-state index in [4.69, 9.17) is 21.3 Å². The zero-order chi connectivity index (χ0) is 23.7. The van der Waals surface area contributed by atoms with Crippen LogP contribution < -0.4 is 10.6 Å². The number of imidazole rings is 1. The smallest absolute Gasteiger partial charge is 0.253 e. The van der Waals surface area contributed by atoms with Crippen LogP contribution in [0, 0.1) is 11.3 Å². The Bertz CT molecular complexity index is 1440. The number of hydrogen-bond donors (Lipinski definition) is 2. The van der Waals surface area contributed by atoms with Gasteiger partial charge in [0.2, 0.25) is 0 Å². The van der Waals surface area contributed by atoms with Crippen molar-refractivity contribution >= 4 is 40.0 Å². The summed E-state index contributed by atoms with van der Waals surface area (Å²) in [5, 5.41) is 16.1. The Hall–Kier alpha value is -3.67. The van der Waals surface area contributed by atoms with Crippen LogP contribution in [-0.4, -0.2) is 46.6 Å². The quantitative estimate of drug-likeness (QED) is 0.366. The average Bonchev–Trinajstić information content (AvgIpc) is 3.54. The first kappa shape index (κ1) is 22.1. The molecule has 0 saturated heterocycles. The average molecular weight is 475 g/mol.